The van der Waals surface area contributed by atoms with Crippen LogP contribution in [0, 0.1) is 10.1 Å². The highest BCUT2D eigenvalue weighted by Gasteiger charge is 2.22. The lowest BCUT2D eigenvalue weighted by Crippen LogP contribution is -2.30. The molecular weight excluding hydrogens is 276 g/mol. The van der Waals surface area contributed by atoms with Crippen molar-refractivity contribution in [1.29, 1.82) is 0 Å². The smallest absolute Gasteiger partial charge is 0.315 e. The van der Waals surface area contributed by atoms with E-state index in [1.807, 2.05) is 4.90 Å². The summed E-state index contributed by atoms with van der Waals surface area (Å²) in [5.74, 6) is -1.76. The summed E-state index contributed by atoms with van der Waals surface area (Å²) in [4.78, 5) is 24.2. The van der Waals surface area contributed by atoms with E-state index in [0.717, 1.165) is 50.9 Å². The first kappa shape index (κ1) is 15.2. The molecule has 1 fully saturated rings. The Balaban J connectivity index is 2.17. The summed E-state index contributed by atoms with van der Waals surface area (Å²) in [7, 11) is 0. The minimum absolute atomic E-state index is 0.0428. The van der Waals surface area contributed by atoms with Crippen molar-refractivity contribution in [2.45, 2.75) is 25.7 Å². The number of nitro groups is 1. The molecule has 1 heterocycles. The van der Waals surface area contributed by atoms with Gasteiger partial charge in [-0.1, -0.05) is 12.8 Å². The number of phenolic OH excluding ortho intramolecular Hbond substituents is 2. The second-order valence-corrected chi connectivity index (χ2v) is 5.23. The molecule has 7 heteroatoms. The molecule has 0 unspecified atom stereocenters. The van der Waals surface area contributed by atoms with Crippen molar-refractivity contribution < 1.29 is 19.9 Å². The van der Waals surface area contributed by atoms with Gasteiger partial charge in [-0.2, -0.15) is 0 Å². The van der Waals surface area contributed by atoms with Gasteiger partial charge >= 0.3 is 5.69 Å². The van der Waals surface area contributed by atoms with Gasteiger partial charge in [-0.25, -0.2) is 0 Å². The van der Waals surface area contributed by atoms with E-state index in [4.69, 9.17) is 0 Å². The number of hydrogen-bond acceptors (Lipinski definition) is 6. The number of nitro benzene ring substituents is 1. The van der Waals surface area contributed by atoms with E-state index >= 15 is 0 Å². The highest BCUT2D eigenvalue weighted by atomic mass is 16.6. The van der Waals surface area contributed by atoms with Gasteiger partial charge in [-0.05, 0) is 32.0 Å². The zero-order valence-electron chi connectivity index (χ0n) is 11.6. The predicted octanol–water partition coefficient (Wildman–Crippen LogP) is 2.06. The van der Waals surface area contributed by atoms with Gasteiger partial charge in [0, 0.05) is 11.6 Å². The molecule has 2 N–H and O–H groups in total. The third kappa shape index (κ3) is 3.69. The van der Waals surface area contributed by atoms with E-state index < -0.39 is 22.1 Å². The van der Waals surface area contributed by atoms with Crippen molar-refractivity contribution in [1.82, 2.24) is 4.90 Å². The van der Waals surface area contributed by atoms with Crippen LogP contribution >= 0.6 is 0 Å². The minimum atomic E-state index is -0.822. The Kier molecular flexibility index (Phi) is 4.74. The minimum Gasteiger partial charge on any atom is -0.504 e. The SMILES string of the molecule is O=C(CN1CCCCCC1)c1cc(O)c(O)c([N+](=O)[O-])c1. The first-order valence-electron chi connectivity index (χ1n) is 6.95. The molecule has 0 aliphatic carbocycles. The monoisotopic (exact) mass is 294 g/mol. The molecular formula is C14H18N2O5. The highest BCUT2D eigenvalue weighted by molar-refractivity contribution is 5.99. The lowest BCUT2D eigenvalue weighted by atomic mass is 10.1. The molecule has 0 aromatic heterocycles. The highest BCUT2D eigenvalue weighted by Crippen LogP contribution is 2.36. The van der Waals surface area contributed by atoms with Crippen LogP contribution in [-0.4, -0.2) is 45.5 Å². The maximum atomic E-state index is 12.2. The van der Waals surface area contributed by atoms with Gasteiger partial charge in [0.05, 0.1) is 11.5 Å². The summed E-state index contributed by atoms with van der Waals surface area (Å²) in [6, 6.07) is 2.08. The normalized spacial score (nSPS) is 16.4. The van der Waals surface area contributed by atoms with Crippen LogP contribution in [0.15, 0.2) is 12.1 Å². The van der Waals surface area contributed by atoms with E-state index in [1.165, 1.54) is 0 Å². The van der Waals surface area contributed by atoms with Crippen molar-refractivity contribution in [2.24, 2.45) is 0 Å². The van der Waals surface area contributed by atoms with Crippen LogP contribution in [0.25, 0.3) is 0 Å². The Morgan fingerprint density at radius 3 is 2.38 bits per heavy atom. The largest absolute Gasteiger partial charge is 0.504 e. The van der Waals surface area contributed by atoms with Gasteiger partial charge < -0.3 is 10.2 Å². The third-order valence-electron chi connectivity index (χ3n) is 3.65. The average molecular weight is 294 g/mol. The summed E-state index contributed by atoms with van der Waals surface area (Å²) in [5.41, 5.74) is -0.615. The maximum Gasteiger partial charge on any atom is 0.315 e. The molecule has 1 aliphatic rings. The van der Waals surface area contributed by atoms with E-state index in [0.29, 0.717) is 0 Å². The van der Waals surface area contributed by atoms with Gasteiger partial charge in [0.1, 0.15) is 0 Å². The van der Waals surface area contributed by atoms with Crippen LogP contribution in [-0.2, 0) is 0 Å². The molecule has 21 heavy (non-hydrogen) atoms. The third-order valence-corrected chi connectivity index (χ3v) is 3.65. The Morgan fingerprint density at radius 2 is 1.81 bits per heavy atom. The molecule has 1 aromatic carbocycles. The zero-order chi connectivity index (χ0) is 15.4. The van der Waals surface area contributed by atoms with E-state index in [9.17, 15) is 25.1 Å². The average Bonchev–Trinajstić information content (AvgIpc) is 2.69. The fourth-order valence-corrected chi connectivity index (χ4v) is 2.49. The van der Waals surface area contributed by atoms with E-state index in [2.05, 4.69) is 0 Å². The Labute approximate surface area is 122 Å². The number of rotatable bonds is 4. The van der Waals surface area contributed by atoms with Crippen LogP contribution in [0.3, 0.4) is 0 Å². The van der Waals surface area contributed by atoms with Gasteiger partial charge in [-0.3, -0.25) is 19.8 Å². The second kappa shape index (κ2) is 6.53. The molecule has 1 aliphatic heterocycles. The number of carbonyl (C=O) groups excluding carboxylic acids is 1. The predicted molar refractivity (Wildman–Crippen MR) is 75.7 cm³/mol. The summed E-state index contributed by atoms with van der Waals surface area (Å²) >= 11 is 0. The van der Waals surface area contributed by atoms with Crippen LogP contribution in [0.2, 0.25) is 0 Å². The molecule has 2 rings (SSSR count). The lowest BCUT2D eigenvalue weighted by Gasteiger charge is -2.18. The number of carbonyl (C=O) groups is 1. The molecule has 0 spiro atoms. The topological polar surface area (TPSA) is 104 Å². The Bertz CT molecular complexity index is 551. The summed E-state index contributed by atoms with van der Waals surface area (Å²) in [6.07, 6.45) is 4.37. The number of likely N-dealkylation sites (tertiary alicyclic amines) is 1. The van der Waals surface area contributed by atoms with E-state index in [1.54, 1.807) is 0 Å². The second-order valence-electron chi connectivity index (χ2n) is 5.23. The number of aromatic hydroxyl groups is 2. The number of benzene rings is 1. The van der Waals surface area contributed by atoms with Gasteiger partial charge in [0.25, 0.3) is 0 Å². The van der Waals surface area contributed by atoms with Crippen LogP contribution in [0.4, 0.5) is 5.69 Å². The molecule has 1 saturated heterocycles. The van der Waals surface area contributed by atoms with Crippen molar-refractivity contribution in [3.05, 3.63) is 27.8 Å². The molecule has 114 valence electrons. The molecule has 0 saturated carbocycles. The van der Waals surface area contributed by atoms with Gasteiger partial charge in [-0.15, -0.1) is 0 Å². The first-order chi connectivity index (χ1) is 9.99. The maximum absolute atomic E-state index is 12.2. The number of nitrogens with zero attached hydrogens (tertiary/aromatic N) is 2. The quantitative estimate of drug-likeness (QED) is 0.381. The zero-order valence-corrected chi connectivity index (χ0v) is 11.6. The molecule has 0 amide bonds. The summed E-state index contributed by atoms with van der Waals surface area (Å²) in [6.45, 7) is 1.83. The van der Waals surface area contributed by atoms with Crippen molar-refractivity contribution in [2.75, 3.05) is 19.6 Å². The van der Waals surface area contributed by atoms with Crippen LogP contribution in [0.5, 0.6) is 11.5 Å². The number of ketones is 1. The van der Waals surface area contributed by atoms with Gasteiger partial charge in [0.15, 0.2) is 11.5 Å². The van der Waals surface area contributed by atoms with Gasteiger partial charge in [0.2, 0.25) is 5.75 Å². The fraction of sp³-hybridized carbons (Fsp3) is 0.500. The van der Waals surface area contributed by atoms with Crippen LogP contribution < -0.4 is 0 Å². The molecule has 0 atom stereocenters. The molecule has 7 nitrogen and oxygen atoms in total. The molecule has 0 radical (unpaired) electrons. The summed E-state index contributed by atoms with van der Waals surface area (Å²) < 4.78 is 0. The van der Waals surface area contributed by atoms with Crippen molar-refractivity contribution in [3.63, 3.8) is 0 Å². The Morgan fingerprint density at radius 1 is 1.19 bits per heavy atom. The lowest BCUT2D eigenvalue weighted by molar-refractivity contribution is -0.386. The number of hydrogen-bond donors (Lipinski definition) is 2. The first-order valence-corrected chi connectivity index (χ1v) is 6.95. The summed E-state index contributed by atoms with van der Waals surface area (Å²) in [5, 5.41) is 29.7. The van der Waals surface area contributed by atoms with Crippen molar-refractivity contribution in [3.8, 4) is 11.5 Å². The number of Topliss-reactive ketones (excluding diaryl/α,β-unsaturated/α-hetero) is 1. The Hall–Kier alpha value is -2.15. The van der Waals surface area contributed by atoms with E-state index in [-0.39, 0.29) is 17.9 Å². The van der Waals surface area contributed by atoms with Crippen LogP contribution in [0.1, 0.15) is 36.0 Å². The fourth-order valence-electron chi connectivity index (χ4n) is 2.49. The number of phenols is 2. The van der Waals surface area contributed by atoms with Crippen molar-refractivity contribution >= 4 is 11.5 Å². The standard InChI is InChI=1S/C14H18N2O5/c17-12-8-10(7-11(14(12)19)16(20)21)13(18)9-15-5-3-1-2-4-6-15/h7-8,17,19H,1-6,9H2. The molecule has 1 aromatic rings. The molecule has 0 bridgehead atoms.